The molecule has 0 unspecified atom stereocenters. The third-order valence-electron chi connectivity index (χ3n) is 4.81. The molecule has 0 atom stereocenters. The Bertz CT molecular complexity index is 623. The lowest BCUT2D eigenvalue weighted by molar-refractivity contribution is -0.384. The molecule has 0 bridgehead atoms. The molecule has 2 N–H and O–H groups in total. The number of amides is 1. The molecule has 3 rings (SSSR count). The summed E-state index contributed by atoms with van der Waals surface area (Å²) in [5, 5.41) is 17.4. The van der Waals surface area contributed by atoms with Gasteiger partial charge in [0.25, 0.3) is 11.6 Å². The molecule has 136 valence electrons. The average molecular weight is 346 g/mol. The number of hydrogen-bond donors (Lipinski definition) is 2. The van der Waals surface area contributed by atoms with Gasteiger partial charge in [-0.25, -0.2) is 0 Å². The molecule has 7 nitrogen and oxygen atoms in total. The van der Waals surface area contributed by atoms with E-state index >= 15 is 0 Å². The Hall–Kier alpha value is -2.15. The molecular formula is C18H26N4O3. The van der Waals surface area contributed by atoms with E-state index in [0.717, 1.165) is 32.5 Å². The van der Waals surface area contributed by atoms with Crippen molar-refractivity contribution >= 4 is 17.3 Å². The van der Waals surface area contributed by atoms with Crippen LogP contribution in [0.5, 0.6) is 0 Å². The van der Waals surface area contributed by atoms with E-state index in [-0.39, 0.29) is 17.6 Å². The van der Waals surface area contributed by atoms with Crippen molar-refractivity contribution in [1.82, 2.24) is 10.2 Å². The molecule has 0 radical (unpaired) electrons. The Morgan fingerprint density at radius 2 is 1.92 bits per heavy atom. The van der Waals surface area contributed by atoms with Crippen molar-refractivity contribution in [2.24, 2.45) is 0 Å². The zero-order chi connectivity index (χ0) is 17.6. The summed E-state index contributed by atoms with van der Waals surface area (Å²) in [6.07, 6.45) is 7.02. The third kappa shape index (κ3) is 5.16. The lowest BCUT2D eigenvalue weighted by Crippen LogP contribution is -2.30. The first-order valence-electron chi connectivity index (χ1n) is 9.19. The minimum Gasteiger partial charge on any atom is -0.378 e. The Labute approximate surface area is 147 Å². The van der Waals surface area contributed by atoms with Crippen molar-refractivity contribution in [3.05, 3.63) is 33.9 Å². The number of nitro benzene ring substituents is 1. The van der Waals surface area contributed by atoms with Crippen molar-refractivity contribution < 1.29 is 9.72 Å². The molecule has 0 spiro atoms. The second-order valence-electron chi connectivity index (χ2n) is 6.92. The minimum absolute atomic E-state index is 0.0423. The summed E-state index contributed by atoms with van der Waals surface area (Å²) in [5.41, 5.74) is 0.777. The molecule has 1 heterocycles. The van der Waals surface area contributed by atoms with Crippen LogP contribution in [0.4, 0.5) is 11.4 Å². The summed E-state index contributed by atoms with van der Waals surface area (Å²) in [5.74, 6) is -0.235. The number of carbonyl (C=O) groups is 1. The van der Waals surface area contributed by atoms with Crippen LogP contribution in [0.25, 0.3) is 0 Å². The summed E-state index contributed by atoms with van der Waals surface area (Å²) in [6, 6.07) is 4.89. The molecular weight excluding hydrogens is 320 g/mol. The highest BCUT2D eigenvalue weighted by atomic mass is 16.6. The normalized spacial score (nSPS) is 18.4. The largest absolute Gasteiger partial charge is 0.378 e. The van der Waals surface area contributed by atoms with Crippen LogP contribution in [-0.4, -0.2) is 48.0 Å². The van der Waals surface area contributed by atoms with E-state index in [1.165, 1.54) is 31.7 Å². The maximum absolute atomic E-state index is 12.1. The van der Waals surface area contributed by atoms with E-state index in [2.05, 4.69) is 15.5 Å². The smallest absolute Gasteiger partial charge is 0.293 e. The van der Waals surface area contributed by atoms with E-state index in [4.69, 9.17) is 0 Å². The number of rotatable bonds is 7. The molecule has 7 heteroatoms. The van der Waals surface area contributed by atoms with Crippen molar-refractivity contribution in [2.75, 3.05) is 31.5 Å². The van der Waals surface area contributed by atoms with Crippen LogP contribution in [0.1, 0.15) is 48.9 Å². The highest BCUT2D eigenvalue weighted by Gasteiger charge is 2.25. The van der Waals surface area contributed by atoms with Gasteiger partial charge >= 0.3 is 0 Å². The highest BCUT2D eigenvalue weighted by molar-refractivity contribution is 5.96. The quantitative estimate of drug-likeness (QED) is 0.585. The number of benzene rings is 1. The van der Waals surface area contributed by atoms with Gasteiger partial charge in [-0.15, -0.1) is 0 Å². The van der Waals surface area contributed by atoms with Crippen LogP contribution in [0.3, 0.4) is 0 Å². The van der Waals surface area contributed by atoms with Crippen LogP contribution in [0, 0.1) is 10.1 Å². The molecule has 25 heavy (non-hydrogen) atoms. The topological polar surface area (TPSA) is 87.5 Å². The molecule has 2 aliphatic rings. The summed E-state index contributed by atoms with van der Waals surface area (Å²) in [6.45, 7) is 3.74. The van der Waals surface area contributed by atoms with Crippen LogP contribution < -0.4 is 10.6 Å². The van der Waals surface area contributed by atoms with Gasteiger partial charge < -0.3 is 15.5 Å². The number of nitrogens with zero attached hydrogens (tertiary/aromatic N) is 2. The van der Waals surface area contributed by atoms with Gasteiger partial charge in [-0.1, -0.05) is 12.8 Å². The van der Waals surface area contributed by atoms with Gasteiger partial charge in [0, 0.05) is 30.8 Å². The molecule has 0 aromatic heterocycles. The summed E-state index contributed by atoms with van der Waals surface area (Å²) in [4.78, 5) is 25.4. The van der Waals surface area contributed by atoms with Gasteiger partial charge in [-0.2, -0.15) is 0 Å². The average Bonchev–Trinajstić information content (AvgIpc) is 3.42. The molecule has 1 aromatic rings. The summed E-state index contributed by atoms with van der Waals surface area (Å²) >= 11 is 0. The van der Waals surface area contributed by atoms with Gasteiger partial charge in [-0.05, 0) is 50.9 Å². The zero-order valence-corrected chi connectivity index (χ0v) is 14.5. The van der Waals surface area contributed by atoms with E-state index in [1.54, 1.807) is 12.1 Å². The number of likely N-dealkylation sites (tertiary alicyclic amines) is 1. The fraction of sp³-hybridized carbons (Fsp3) is 0.611. The number of nitro groups is 1. The van der Waals surface area contributed by atoms with Crippen molar-refractivity contribution in [2.45, 2.75) is 44.6 Å². The van der Waals surface area contributed by atoms with Gasteiger partial charge in [0.2, 0.25) is 0 Å². The van der Waals surface area contributed by atoms with Gasteiger partial charge in [0.15, 0.2) is 0 Å². The van der Waals surface area contributed by atoms with E-state index < -0.39 is 4.92 Å². The lowest BCUT2D eigenvalue weighted by Gasteiger charge is -2.20. The Balaban J connectivity index is 1.59. The Kier molecular flexibility index (Phi) is 5.86. The number of nitrogens with one attached hydrogen (secondary N) is 2. The maximum Gasteiger partial charge on any atom is 0.293 e. The van der Waals surface area contributed by atoms with Gasteiger partial charge in [-0.3, -0.25) is 14.9 Å². The predicted octanol–water partition coefficient (Wildman–Crippen LogP) is 2.77. The fourth-order valence-corrected chi connectivity index (χ4v) is 3.18. The van der Waals surface area contributed by atoms with Crippen LogP contribution in [0.2, 0.25) is 0 Å². The minimum atomic E-state index is -0.428. The van der Waals surface area contributed by atoms with Crippen LogP contribution in [-0.2, 0) is 0 Å². The second-order valence-corrected chi connectivity index (χ2v) is 6.92. The Morgan fingerprint density at radius 1 is 1.20 bits per heavy atom. The fourth-order valence-electron chi connectivity index (χ4n) is 3.18. The molecule has 1 saturated heterocycles. The molecule has 1 amide bonds. The maximum atomic E-state index is 12.1. The van der Waals surface area contributed by atoms with Crippen molar-refractivity contribution in [3.63, 3.8) is 0 Å². The van der Waals surface area contributed by atoms with E-state index in [0.29, 0.717) is 17.8 Å². The predicted molar refractivity (Wildman–Crippen MR) is 97.0 cm³/mol. The second kappa shape index (κ2) is 8.29. The lowest BCUT2D eigenvalue weighted by atomic mass is 10.1. The summed E-state index contributed by atoms with van der Waals surface area (Å²) in [7, 11) is 0. The number of anilines is 1. The molecule has 2 fully saturated rings. The SMILES string of the molecule is O=C(NC1CC1)c1ccc(NCCN2CCCCCC2)c([N+](=O)[O-])c1. The van der Waals surface area contributed by atoms with Crippen LogP contribution in [0.15, 0.2) is 18.2 Å². The van der Waals surface area contributed by atoms with Crippen molar-refractivity contribution in [3.8, 4) is 0 Å². The van der Waals surface area contributed by atoms with Crippen molar-refractivity contribution in [1.29, 1.82) is 0 Å². The third-order valence-corrected chi connectivity index (χ3v) is 4.81. The first-order chi connectivity index (χ1) is 12.1. The zero-order valence-electron chi connectivity index (χ0n) is 14.5. The monoisotopic (exact) mass is 346 g/mol. The Morgan fingerprint density at radius 3 is 2.56 bits per heavy atom. The molecule has 1 saturated carbocycles. The molecule has 1 aliphatic carbocycles. The summed E-state index contributed by atoms with van der Waals surface area (Å²) < 4.78 is 0. The van der Waals surface area contributed by atoms with Gasteiger partial charge in [0.05, 0.1) is 4.92 Å². The van der Waals surface area contributed by atoms with E-state index in [9.17, 15) is 14.9 Å². The standard InChI is InChI=1S/C18H26N4O3/c23-18(20-15-6-7-15)14-5-8-16(17(13-14)22(24)25)19-9-12-21-10-3-1-2-4-11-21/h5,8,13,15,19H,1-4,6-7,9-12H2,(H,20,23). The molecule has 1 aromatic carbocycles. The van der Waals surface area contributed by atoms with Crippen LogP contribution >= 0.6 is 0 Å². The first kappa shape index (κ1) is 17.7. The van der Waals surface area contributed by atoms with Gasteiger partial charge in [0.1, 0.15) is 5.69 Å². The van der Waals surface area contributed by atoms with E-state index in [1.807, 2.05) is 0 Å². The first-order valence-corrected chi connectivity index (χ1v) is 9.19. The number of carbonyl (C=O) groups excluding carboxylic acids is 1. The molecule has 1 aliphatic heterocycles. The highest BCUT2D eigenvalue weighted by Crippen LogP contribution is 2.26. The number of hydrogen-bond acceptors (Lipinski definition) is 5.